The quantitative estimate of drug-likeness (QED) is 0.634. The lowest BCUT2D eigenvalue weighted by molar-refractivity contribution is -0.138. The van der Waals surface area contributed by atoms with E-state index in [0.717, 1.165) is 11.3 Å². The van der Waals surface area contributed by atoms with Crippen molar-refractivity contribution in [3.8, 4) is 0 Å². The van der Waals surface area contributed by atoms with Gasteiger partial charge in [-0.1, -0.05) is 35.3 Å². The number of hydrogen-bond acceptors (Lipinski definition) is 3. The van der Waals surface area contributed by atoms with Crippen LogP contribution in [0, 0.1) is 6.92 Å². The SMILES string of the molecule is Cc1nn(C)c(Cl)c1/C=C/C(=O)OCc1ccc(Cl)cc1. The maximum absolute atomic E-state index is 11.7. The van der Waals surface area contributed by atoms with E-state index in [4.69, 9.17) is 27.9 Å². The lowest BCUT2D eigenvalue weighted by atomic mass is 10.2. The van der Waals surface area contributed by atoms with Gasteiger partial charge in [-0.05, 0) is 30.7 Å². The molecule has 0 N–H and O–H groups in total. The van der Waals surface area contributed by atoms with Crippen LogP contribution in [0.25, 0.3) is 6.08 Å². The molecule has 0 radical (unpaired) electrons. The van der Waals surface area contributed by atoms with Gasteiger partial charge in [-0.15, -0.1) is 0 Å². The van der Waals surface area contributed by atoms with Crippen molar-refractivity contribution in [3.63, 3.8) is 0 Å². The monoisotopic (exact) mass is 324 g/mol. The lowest BCUT2D eigenvalue weighted by Gasteiger charge is -2.02. The summed E-state index contributed by atoms with van der Waals surface area (Å²) in [5.74, 6) is -0.440. The van der Waals surface area contributed by atoms with Gasteiger partial charge in [0, 0.05) is 23.7 Å². The zero-order valence-electron chi connectivity index (χ0n) is 11.6. The number of aryl methyl sites for hydroxylation is 2. The average Bonchev–Trinajstić information content (AvgIpc) is 2.69. The minimum Gasteiger partial charge on any atom is -0.458 e. The topological polar surface area (TPSA) is 44.1 Å². The zero-order valence-corrected chi connectivity index (χ0v) is 13.1. The number of carbonyl (C=O) groups excluding carboxylic acids is 1. The number of carbonyl (C=O) groups is 1. The second-order valence-corrected chi connectivity index (χ2v) is 5.28. The van der Waals surface area contributed by atoms with E-state index in [1.165, 1.54) is 6.08 Å². The number of halogens is 2. The number of nitrogens with zero attached hydrogens (tertiary/aromatic N) is 2. The molecule has 0 amide bonds. The van der Waals surface area contributed by atoms with Crippen LogP contribution in [0.2, 0.25) is 10.2 Å². The van der Waals surface area contributed by atoms with Crippen LogP contribution in [-0.2, 0) is 23.2 Å². The van der Waals surface area contributed by atoms with E-state index >= 15 is 0 Å². The second kappa shape index (κ2) is 6.78. The molecule has 1 aromatic heterocycles. The molecule has 2 rings (SSSR count). The van der Waals surface area contributed by atoms with E-state index in [1.807, 2.05) is 19.1 Å². The van der Waals surface area contributed by atoms with Crippen molar-refractivity contribution in [2.75, 3.05) is 0 Å². The van der Waals surface area contributed by atoms with Gasteiger partial charge in [-0.3, -0.25) is 4.68 Å². The molecule has 6 heteroatoms. The zero-order chi connectivity index (χ0) is 15.4. The number of ether oxygens (including phenoxy) is 1. The third-order valence-electron chi connectivity index (χ3n) is 2.88. The van der Waals surface area contributed by atoms with E-state index in [-0.39, 0.29) is 6.61 Å². The van der Waals surface area contributed by atoms with Crippen LogP contribution in [0.5, 0.6) is 0 Å². The molecule has 0 spiro atoms. The maximum Gasteiger partial charge on any atom is 0.331 e. The summed E-state index contributed by atoms with van der Waals surface area (Å²) < 4.78 is 6.69. The van der Waals surface area contributed by atoms with E-state index < -0.39 is 5.97 Å². The van der Waals surface area contributed by atoms with Gasteiger partial charge >= 0.3 is 5.97 Å². The predicted molar refractivity (Wildman–Crippen MR) is 83.2 cm³/mol. The molecule has 1 aromatic carbocycles. The summed E-state index contributed by atoms with van der Waals surface area (Å²) in [5.41, 5.74) is 2.34. The van der Waals surface area contributed by atoms with E-state index in [9.17, 15) is 4.79 Å². The summed E-state index contributed by atoms with van der Waals surface area (Å²) in [5, 5.41) is 5.29. The molecule has 0 saturated carbocycles. The highest BCUT2D eigenvalue weighted by Gasteiger charge is 2.08. The van der Waals surface area contributed by atoms with Gasteiger partial charge in [0.2, 0.25) is 0 Å². The van der Waals surface area contributed by atoms with Crippen molar-refractivity contribution in [3.05, 3.63) is 57.3 Å². The Bertz CT molecular complexity index is 676. The molecule has 0 atom stereocenters. The highest BCUT2D eigenvalue weighted by molar-refractivity contribution is 6.31. The molecular weight excluding hydrogens is 311 g/mol. The molecule has 0 aliphatic rings. The number of hydrogen-bond donors (Lipinski definition) is 0. The Balaban J connectivity index is 1.95. The lowest BCUT2D eigenvalue weighted by Crippen LogP contribution is -2.00. The molecule has 110 valence electrons. The molecule has 0 aliphatic heterocycles. The van der Waals surface area contributed by atoms with E-state index in [2.05, 4.69) is 5.10 Å². The summed E-state index contributed by atoms with van der Waals surface area (Å²) in [6, 6.07) is 7.11. The molecule has 0 unspecified atom stereocenters. The standard InChI is InChI=1S/C15H14Cl2N2O2/c1-10-13(15(17)19(2)18-10)7-8-14(20)21-9-11-3-5-12(16)6-4-11/h3-8H,9H2,1-2H3/b8-7+. The van der Waals surface area contributed by atoms with Crippen molar-refractivity contribution in [2.24, 2.45) is 7.05 Å². The molecule has 21 heavy (non-hydrogen) atoms. The normalized spacial score (nSPS) is 11.0. The molecule has 1 heterocycles. The number of esters is 1. The molecular formula is C15H14Cl2N2O2. The highest BCUT2D eigenvalue weighted by Crippen LogP contribution is 2.20. The summed E-state index contributed by atoms with van der Waals surface area (Å²) in [6.07, 6.45) is 2.95. The van der Waals surface area contributed by atoms with Crippen LogP contribution in [0.1, 0.15) is 16.8 Å². The van der Waals surface area contributed by atoms with Crippen LogP contribution in [0.15, 0.2) is 30.3 Å². The minimum atomic E-state index is -0.440. The van der Waals surface area contributed by atoms with Gasteiger partial charge in [-0.25, -0.2) is 4.79 Å². The maximum atomic E-state index is 11.7. The third kappa shape index (κ3) is 4.09. The molecule has 2 aromatic rings. The Hall–Kier alpha value is -1.78. The molecule has 0 aliphatic carbocycles. The first kappa shape index (κ1) is 15.6. The molecule has 0 bridgehead atoms. The fourth-order valence-corrected chi connectivity index (χ4v) is 2.13. The van der Waals surface area contributed by atoms with Gasteiger partial charge < -0.3 is 4.74 Å². The second-order valence-electron chi connectivity index (χ2n) is 4.48. The largest absolute Gasteiger partial charge is 0.458 e. The van der Waals surface area contributed by atoms with Gasteiger partial charge in [0.15, 0.2) is 0 Å². The Kier molecular flexibility index (Phi) is 5.04. The number of benzene rings is 1. The van der Waals surface area contributed by atoms with Crippen molar-refractivity contribution in [2.45, 2.75) is 13.5 Å². The van der Waals surface area contributed by atoms with Crippen LogP contribution in [-0.4, -0.2) is 15.7 Å². The van der Waals surface area contributed by atoms with Crippen molar-refractivity contribution in [1.29, 1.82) is 0 Å². The Morgan fingerprint density at radius 3 is 2.57 bits per heavy atom. The van der Waals surface area contributed by atoms with Gasteiger partial charge in [0.05, 0.1) is 5.69 Å². The van der Waals surface area contributed by atoms with E-state index in [0.29, 0.717) is 15.7 Å². The van der Waals surface area contributed by atoms with Crippen molar-refractivity contribution in [1.82, 2.24) is 9.78 Å². The minimum absolute atomic E-state index is 0.195. The first-order valence-electron chi connectivity index (χ1n) is 6.25. The Labute approximate surface area is 132 Å². The summed E-state index contributed by atoms with van der Waals surface area (Å²) >= 11 is 11.9. The first-order chi connectivity index (χ1) is 9.97. The molecule has 4 nitrogen and oxygen atoms in total. The van der Waals surface area contributed by atoms with Gasteiger partial charge in [0.1, 0.15) is 11.8 Å². The Morgan fingerprint density at radius 2 is 2.00 bits per heavy atom. The number of rotatable bonds is 4. The number of aromatic nitrogens is 2. The fourth-order valence-electron chi connectivity index (χ4n) is 1.77. The van der Waals surface area contributed by atoms with Crippen LogP contribution in [0.3, 0.4) is 0 Å². The average molecular weight is 325 g/mol. The third-order valence-corrected chi connectivity index (χ3v) is 3.58. The van der Waals surface area contributed by atoms with Crippen molar-refractivity contribution < 1.29 is 9.53 Å². The van der Waals surface area contributed by atoms with Crippen molar-refractivity contribution >= 4 is 35.2 Å². The van der Waals surface area contributed by atoms with Crippen LogP contribution in [0.4, 0.5) is 0 Å². The van der Waals surface area contributed by atoms with Crippen LogP contribution < -0.4 is 0 Å². The molecule has 0 fully saturated rings. The molecule has 0 saturated heterocycles. The predicted octanol–water partition coefficient (Wildman–Crippen LogP) is 3.79. The summed E-state index contributed by atoms with van der Waals surface area (Å²) in [4.78, 5) is 11.7. The van der Waals surface area contributed by atoms with Crippen LogP contribution >= 0.6 is 23.2 Å². The fraction of sp³-hybridized carbons (Fsp3) is 0.200. The highest BCUT2D eigenvalue weighted by atomic mass is 35.5. The van der Waals surface area contributed by atoms with E-state index in [1.54, 1.807) is 29.9 Å². The van der Waals surface area contributed by atoms with Gasteiger partial charge in [-0.2, -0.15) is 5.10 Å². The van der Waals surface area contributed by atoms with Gasteiger partial charge in [0.25, 0.3) is 0 Å². The summed E-state index contributed by atoms with van der Waals surface area (Å²) in [6.45, 7) is 2.02. The smallest absolute Gasteiger partial charge is 0.331 e. The first-order valence-corrected chi connectivity index (χ1v) is 7.01. The Morgan fingerprint density at radius 1 is 1.33 bits per heavy atom. The summed E-state index contributed by atoms with van der Waals surface area (Å²) in [7, 11) is 1.74.